The van der Waals surface area contributed by atoms with Gasteiger partial charge in [-0.3, -0.25) is 28.3 Å². The highest BCUT2D eigenvalue weighted by atomic mass is 32.2. The molecular formula is C14H12N2O5S. The first-order valence-corrected chi connectivity index (χ1v) is 7.91. The molecule has 1 N–H and O–H groups in total. The number of nitrogens with zero attached hydrogens (tertiary/aromatic N) is 2. The monoisotopic (exact) mass is 320 g/mol. The fourth-order valence-electron chi connectivity index (χ4n) is 2.59. The van der Waals surface area contributed by atoms with Crippen molar-refractivity contribution in [3.05, 3.63) is 53.5 Å². The first-order chi connectivity index (χ1) is 10.5. The molecule has 0 spiro atoms. The molecule has 0 radical (unpaired) electrons. The lowest BCUT2D eigenvalue weighted by Crippen LogP contribution is -2.26. The van der Waals surface area contributed by atoms with Crippen molar-refractivity contribution in [3.63, 3.8) is 0 Å². The SMILES string of the molecule is CSCCn1c(=O)c2cc3c(=O)n(CO)c(=O)c3cc2c1=O. The molecule has 22 heavy (non-hydrogen) atoms. The maximum Gasteiger partial charge on any atom is 0.263 e. The lowest BCUT2D eigenvalue weighted by Gasteiger charge is -1.95. The summed E-state index contributed by atoms with van der Waals surface area (Å²) < 4.78 is 1.79. The largest absolute Gasteiger partial charge is 0.376 e. The summed E-state index contributed by atoms with van der Waals surface area (Å²) in [6.45, 7) is -0.457. The van der Waals surface area contributed by atoms with Crippen molar-refractivity contribution >= 4 is 33.3 Å². The molecular weight excluding hydrogens is 308 g/mol. The Labute approximate surface area is 127 Å². The van der Waals surface area contributed by atoms with E-state index < -0.39 is 29.0 Å². The van der Waals surface area contributed by atoms with Gasteiger partial charge in [-0.15, -0.1) is 0 Å². The zero-order valence-corrected chi connectivity index (χ0v) is 12.5. The second kappa shape index (κ2) is 5.22. The number of benzene rings is 1. The fourth-order valence-corrected chi connectivity index (χ4v) is 2.95. The van der Waals surface area contributed by atoms with Crippen LogP contribution in [0.1, 0.15) is 0 Å². The summed E-state index contributed by atoms with van der Waals surface area (Å²) in [5.41, 5.74) is -2.24. The fraction of sp³-hybridized carbons (Fsp3) is 0.286. The number of thioether (sulfide) groups is 1. The molecule has 3 rings (SSSR count). The van der Waals surface area contributed by atoms with E-state index in [9.17, 15) is 19.2 Å². The van der Waals surface area contributed by atoms with Crippen molar-refractivity contribution < 1.29 is 5.11 Å². The van der Waals surface area contributed by atoms with Crippen molar-refractivity contribution in [2.45, 2.75) is 13.3 Å². The van der Waals surface area contributed by atoms with E-state index in [1.807, 2.05) is 6.26 Å². The number of fused-ring (bicyclic) bond motifs is 2. The van der Waals surface area contributed by atoms with Gasteiger partial charge >= 0.3 is 0 Å². The lowest BCUT2D eigenvalue weighted by atomic mass is 10.1. The summed E-state index contributed by atoms with van der Waals surface area (Å²) in [6, 6.07) is 2.56. The quantitative estimate of drug-likeness (QED) is 0.677. The van der Waals surface area contributed by atoms with Crippen LogP contribution < -0.4 is 22.2 Å². The van der Waals surface area contributed by atoms with E-state index in [1.54, 1.807) is 0 Å². The van der Waals surface area contributed by atoms with Gasteiger partial charge in [0.25, 0.3) is 22.2 Å². The average Bonchev–Trinajstić information content (AvgIpc) is 2.89. The Balaban J connectivity index is 2.43. The van der Waals surface area contributed by atoms with Gasteiger partial charge in [0.2, 0.25) is 0 Å². The Bertz CT molecular complexity index is 1010. The Morgan fingerprint density at radius 3 is 1.64 bits per heavy atom. The van der Waals surface area contributed by atoms with Crippen LogP contribution in [0.2, 0.25) is 0 Å². The first kappa shape index (κ1) is 14.7. The number of hydrogen-bond donors (Lipinski definition) is 1. The maximum absolute atomic E-state index is 12.3. The van der Waals surface area contributed by atoms with Gasteiger partial charge in [0, 0.05) is 12.3 Å². The highest BCUT2D eigenvalue weighted by molar-refractivity contribution is 7.98. The van der Waals surface area contributed by atoms with Crippen LogP contribution >= 0.6 is 11.8 Å². The van der Waals surface area contributed by atoms with Crippen molar-refractivity contribution in [2.75, 3.05) is 12.0 Å². The molecule has 1 aromatic carbocycles. The van der Waals surface area contributed by atoms with E-state index in [1.165, 1.54) is 23.9 Å². The molecule has 0 amide bonds. The van der Waals surface area contributed by atoms with Gasteiger partial charge in [-0.1, -0.05) is 0 Å². The van der Waals surface area contributed by atoms with Crippen LogP contribution in [0.5, 0.6) is 0 Å². The molecule has 2 heterocycles. The van der Waals surface area contributed by atoms with E-state index in [2.05, 4.69) is 0 Å². The van der Waals surface area contributed by atoms with Gasteiger partial charge in [-0.2, -0.15) is 11.8 Å². The molecule has 0 aliphatic rings. The van der Waals surface area contributed by atoms with Crippen LogP contribution in [-0.4, -0.2) is 26.2 Å². The molecule has 2 aromatic heterocycles. The van der Waals surface area contributed by atoms with Crippen molar-refractivity contribution in [1.82, 2.24) is 9.13 Å². The molecule has 0 aliphatic carbocycles. The lowest BCUT2D eigenvalue weighted by molar-refractivity contribution is 0.204. The van der Waals surface area contributed by atoms with Crippen LogP contribution in [-0.2, 0) is 13.3 Å². The number of aliphatic hydroxyl groups is 1. The Kier molecular flexibility index (Phi) is 3.50. The predicted molar refractivity (Wildman–Crippen MR) is 85.5 cm³/mol. The van der Waals surface area contributed by atoms with Gasteiger partial charge in [0.15, 0.2) is 0 Å². The van der Waals surface area contributed by atoms with Gasteiger partial charge < -0.3 is 5.11 Å². The minimum Gasteiger partial charge on any atom is -0.376 e. The van der Waals surface area contributed by atoms with E-state index >= 15 is 0 Å². The van der Waals surface area contributed by atoms with E-state index in [0.29, 0.717) is 10.3 Å². The molecule has 0 bridgehead atoms. The van der Waals surface area contributed by atoms with Crippen molar-refractivity contribution in [2.24, 2.45) is 0 Å². The highest BCUT2D eigenvalue weighted by Crippen LogP contribution is 2.14. The molecule has 0 atom stereocenters. The second-order valence-electron chi connectivity index (χ2n) is 4.88. The van der Waals surface area contributed by atoms with E-state index in [4.69, 9.17) is 5.11 Å². The summed E-state index contributed by atoms with van der Waals surface area (Å²) >= 11 is 1.51. The molecule has 0 aliphatic heterocycles. The Morgan fingerprint density at radius 2 is 1.27 bits per heavy atom. The summed E-state index contributed by atoms with van der Waals surface area (Å²) in [4.78, 5) is 48.6. The van der Waals surface area contributed by atoms with Crippen LogP contribution in [0, 0.1) is 0 Å². The van der Waals surface area contributed by atoms with Gasteiger partial charge in [0.1, 0.15) is 6.73 Å². The molecule has 0 saturated carbocycles. The third-order valence-corrected chi connectivity index (χ3v) is 4.31. The summed E-state index contributed by atoms with van der Waals surface area (Å²) in [7, 11) is 0. The van der Waals surface area contributed by atoms with Crippen LogP contribution in [0.4, 0.5) is 0 Å². The van der Waals surface area contributed by atoms with Crippen LogP contribution in [0.3, 0.4) is 0 Å². The smallest absolute Gasteiger partial charge is 0.263 e. The predicted octanol–water partition coefficient (Wildman–Crippen LogP) is -0.775. The molecule has 0 fully saturated rings. The van der Waals surface area contributed by atoms with Gasteiger partial charge in [0.05, 0.1) is 21.5 Å². The zero-order valence-electron chi connectivity index (χ0n) is 11.7. The average molecular weight is 320 g/mol. The summed E-state index contributed by atoms with van der Waals surface area (Å²) in [5.74, 6) is 0.612. The number of aliphatic hydroxyl groups excluding tert-OH is 1. The Hall–Kier alpha value is -2.19. The standard InChI is InChI=1S/C14H12N2O5S/c1-22-3-2-15-11(18)7-4-9-10(5-8(7)12(15)19)14(21)16(6-17)13(9)20/h4-5,17H,2-3,6H2,1H3. The molecule has 3 aromatic rings. The number of hydrogen-bond acceptors (Lipinski definition) is 6. The number of rotatable bonds is 4. The third kappa shape index (κ3) is 1.87. The summed E-state index contributed by atoms with van der Waals surface area (Å²) in [6.07, 6.45) is 1.87. The van der Waals surface area contributed by atoms with Crippen LogP contribution in [0.15, 0.2) is 31.3 Å². The molecule has 0 unspecified atom stereocenters. The summed E-state index contributed by atoms with van der Waals surface area (Å²) in [5, 5.41) is 9.43. The third-order valence-electron chi connectivity index (χ3n) is 3.72. The molecule has 7 nitrogen and oxygen atoms in total. The zero-order chi connectivity index (χ0) is 16.0. The molecule has 0 saturated heterocycles. The van der Waals surface area contributed by atoms with Crippen molar-refractivity contribution in [1.29, 1.82) is 0 Å². The van der Waals surface area contributed by atoms with Crippen molar-refractivity contribution in [3.8, 4) is 0 Å². The Morgan fingerprint density at radius 1 is 0.864 bits per heavy atom. The van der Waals surface area contributed by atoms with Gasteiger partial charge in [-0.25, -0.2) is 0 Å². The van der Waals surface area contributed by atoms with E-state index in [0.717, 1.165) is 4.57 Å². The first-order valence-electron chi connectivity index (χ1n) is 6.51. The minimum atomic E-state index is -0.737. The van der Waals surface area contributed by atoms with Crippen LogP contribution in [0.25, 0.3) is 21.5 Å². The topological polar surface area (TPSA) is 98.4 Å². The maximum atomic E-state index is 12.3. The number of aromatic nitrogens is 2. The second-order valence-corrected chi connectivity index (χ2v) is 5.86. The van der Waals surface area contributed by atoms with Gasteiger partial charge in [-0.05, 0) is 18.4 Å². The molecule has 8 heteroatoms. The minimum absolute atomic E-state index is 0.0469. The normalized spacial score (nSPS) is 11.7. The van der Waals surface area contributed by atoms with E-state index in [-0.39, 0.29) is 28.1 Å². The highest BCUT2D eigenvalue weighted by Gasteiger charge is 2.18. The molecule has 114 valence electrons.